The average Bonchev–Trinajstić information content (AvgIpc) is 2.18. The molecule has 0 saturated carbocycles. The van der Waals surface area contributed by atoms with Crippen LogP contribution in [-0.4, -0.2) is 23.9 Å². The van der Waals surface area contributed by atoms with E-state index in [4.69, 9.17) is 15.6 Å². The van der Waals surface area contributed by atoms with Crippen molar-refractivity contribution in [2.45, 2.75) is 26.0 Å². The topological polar surface area (TPSA) is 55.5 Å². The smallest absolute Gasteiger partial charge is 0.165 e. The number of nitrogens with two attached hydrogens (primary N) is 1. The standard InChI is InChI=1S/C11H16FNO2/c1-7-3-4-9(12)10(5-7)15-11(6-14)8(2)13/h3-5,8,11,14H,6,13H2,1-2H3. The molecule has 15 heavy (non-hydrogen) atoms. The fraction of sp³-hybridized carbons (Fsp3) is 0.455. The molecule has 0 spiro atoms. The molecular formula is C11H16FNO2. The molecule has 0 aliphatic carbocycles. The Labute approximate surface area is 88.7 Å². The van der Waals surface area contributed by atoms with Crippen molar-refractivity contribution in [2.75, 3.05) is 6.61 Å². The van der Waals surface area contributed by atoms with Gasteiger partial charge in [0.2, 0.25) is 0 Å². The fourth-order valence-electron chi connectivity index (χ4n) is 1.17. The quantitative estimate of drug-likeness (QED) is 0.790. The Morgan fingerprint density at radius 3 is 2.73 bits per heavy atom. The van der Waals surface area contributed by atoms with Crippen LogP contribution in [0.5, 0.6) is 5.75 Å². The first-order valence-corrected chi connectivity index (χ1v) is 4.84. The lowest BCUT2D eigenvalue weighted by Crippen LogP contribution is -2.39. The van der Waals surface area contributed by atoms with Gasteiger partial charge in [-0.3, -0.25) is 0 Å². The van der Waals surface area contributed by atoms with E-state index >= 15 is 0 Å². The van der Waals surface area contributed by atoms with Gasteiger partial charge in [0.15, 0.2) is 11.6 Å². The molecule has 3 N–H and O–H groups in total. The van der Waals surface area contributed by atoms with E-state index < -0.39 is 11.9 Å². The summed E-state index contributed by atoms with van der Waals surface area (Å²) in [6, 6.07) is 4.22. The number of benzene rings is 1. The molecule has 0 amide bonds. The molecule has 2 atom stereocenters. The number of aliphatic hydroxyl groups excluding tert-OH is 1. The average molecular weight is 213 g/mol. The lowest BCUT2D eigenvalue weighted by Gasteiger charge is -2.20. The van der Waals surface area contributed by atoms with E-state index in [1.165, 1.54) is 6.07 Å². The Kier molecular flexibility index (Phi) is 4.05. The number of halogens is 1. The van der Waals surface area contributed by atoms with Gasteiger partial charge in [0.1, 0.15) is 6.10 Å². The van der Waals surface area contributed by atoms with Crippen molar-refractivity contribution in [3.05, 3.63) is 29.6 Å². The zero-order valence-electron chi connectivity index (χ0n) is 8.90. The summed E-state index contributed by atoms with van der Waals surface area (Å²) in [5.41, 5.74) is 6.47. The Bertz CT molecular complexity index is 328. The van der Waals surface area contributed by atoms with Crippen LogP contribution in [0.25, 0.3) is 0 Å². The van der Waals surface area contributed by atoms with Gasteiger partial charge >= 0.3 is 0 Å². The van der Waals surface area contributed by atoms with Crippen LogP contribution < -0.4 is 10.5 Å². The van der Waals surface area contributed by atoms with Gasteiger partial charge in [-0.1, -0.05) is 6.07 Å². The fourth-order valence-corrected chi connectivity index (χ4v) is 1.17. The number of hydrogen-bond donors (Lipinski definition) is 2. The van der Waals surface area contributed by atoms with Crippen LogP contribution in [0.1, 0.15) is 12.5 Å². The molecule has 0 bridgehead atoms. The summed E-state index contributed by atoms with van der Waals surface area (Å²) in [6.07, 6.45) is -0.582. The van der Waals surface area contributed by atoms with E-state index in [2.05, 4.69) is 0 Å². The molecule has 84 valence electrons. The van der Waals surface area contributed by atoms with Crippen molar-refractivity contribution in [3.8, 4) is 5.75 Å². The summed E-state index contributed by atoms with van der Waals surface area (Å²) in [5.74, 6) is -0.314. The van der Waals surface area contributed by atoms with Crippen molar-refractivity contribution in [3.63, 3.8) is 0 Å². The molecule has 3 nitrogen and oxygen atoms in total. The van der Waals surface area contributed by atoms with Crippen LogP contribution in [-0.2, 0) is 0 Å². The predicted octanol–water partition coefficient (Wildman–Crippen LogP) is 1.22. The van der Waals surface area contributed by atoms with Gasteiger partial charge in [-0.15, -0.1) is 0 Å². The van der Waals surface area contributed by atoms with Crippen LogP contribution in [0.3, 0.4) is 0 Å². The maximum Gasteiger partial charge on any atom is 0.165 e. The minimum atomic E-state index is -0.582. The van der Waals surface area contributed by atoms with Crippen LogP contribution in [0, 0.1) is 12.7 Å². The second-order valence-electron chi connectivity index (χ2n) is 3.63. The van der Waals surface area contributed by atoms with Crippen LogP contribution in [0.15, 0.2) is 18.2 Å². The lowest BCUT2D eigenvalue weighted by molar-refractivity contribution is 0.0953. The SMILES string of the molecule is Cc1ccc(F)c(OC(CO)C(C)N)c1. The van der Waals surface area contributed by atoms with Gasteiger partial charge in [0.25, 0.3) is 0 Å². The van der Waals surface area contributed by atoms with Gasteiger partial charge in [-0.2, -0.15) is 0 Å². The molecule has 0 fully saturated rings. The van der Waals surface area contributed by atoms with E-state index in [-0.39, 0.29) is 18.4 Å². The number of aliphatic hydroxyl groups is 1. The summed E-state index contributed by atoms with van der Waals surface area (Å²) in [5, 5.41) is 8.99. The summed E-state index contributed by atoms with van der Waals surface area (Å²) in [6.45, 7) is 3.31. The summed E-state index contributed by atoms with van der Waals surface area (Å²) >= 11 is 0. The molecule has 0 radical (unpaired) electrons. The molecule has 2 unspecified atom stereocenters. The Hall–Kier alpha value is -1.13. The molecule has 4 heteroatoms. The van der Waals surface area contributed by atoms with Crippen LogP contribution >= 0.6 is 0 Å². The molecule has 0 saturated heterocycles. The predicted molar refractivity (Wildman–Crippen MR) is 56.3 cm³/mol. The molecule has 1 aromatic carbocycles. The normalized spacial score (nSPS) is 14.7. The first-order valence-electron chi connectivity index (χ1n) is 4.84. The Morgan fingerprint density at radius 1 is 1.53 bits per heavy atom. The molecule has 1 aromatic rings. The summed E-state index contributed by atoms with van der Waals surface area (Å²) < 4.78 is 18.6. The maximum absolute atomic E-state index is 13.3. The second-order valence-corrected chi connectivity index (χ2v) is 3.63. The molecule has 0 aliphatic rings. The van der Waals surface area contributed by atoms with Gasteiger partial charge < -0.3 is 15.6 Å². The second kappa shape index (κ2) is 5.09. The summed E-state index contributed by atoms with van der Waals surface area (Å²) in [7, 11) is 0. The maximum atomic E-state index is 13.3. The summed E-state index contributed by atoms with van der Waals surface area (Å²) in [4.78, 5) is 0. The number of aryl methyl sites for hydroxylation is 1. The molecule has 1 rings (SSSR count). The highest BCUT2D eigenvalue weighted by atomic mass is 19.1. The first-order chi connectivity index (χ1) is 7.04. The van der Waals surface area contributed by atoms with Crippen molar-refractivity contribution < 1.29 is 14.2 Å². The molecule has 0 aromatic heterocycles. The van der Waals surface area contributed by atoms with E-state index in [1.807, 2.05) is 6.92 Å². The first kappa shape index (κ1) is 11.9. The third-order valence-electron chi connectivity index (χ3n) is 2.13. The zero-order valence-corrected chi connectivity index (χ0v) is 8.90. The van der Waals surface area contributed by atoms with Crippen LogP contribution in [0.2, 0.25) is 0 Å². The van der Waals surface area contributed by atoms with Crippen molar-refractivity contribution in [2.24, 2.45) is 5.73 Å². The van der Waals surface area contributed by atoms with Crippen LogP contribution in [0.4, 0.5) is 4.39 Å². The molecule has 0 aliphatic heterocycles. The van der Waals surface area contributed by atoms with Crippen molar-refractivity contribution in [1.29, 1.82) is 0 Å². The van der Waals surface area contributed by atoms with Crippen molar-refractivity contribution >= 4 is 0 Å². The zero-order chi connectivity index (χ0) is 11.4. The number of ether oxygens (including phenoxy) is 1. The van der Waals surface area contributed by atoms with E-state index in [1.54, 1.807) is 19.1 Å². The largest absolute Gasteiger partial charge is 0.483 e. The van der Waals surface area contributed by atoms with E-state index in [9.17, 15) is 4.39 Å². The van der Waals surface area contributed by atoms with E-state index in [0.717, 1.165) is 5.56 Å². The minimum absolute atomic E-state index is 0.131. The molecular weight excluding hydrogens is 197 g/mol. The number of rotatable bonds is 4. The van der Waals surface area contributed by atoms with Gasteiger partial charge in [-0.05, 0) is 31.5 Å². The van der Waals surface area contributed by atoms with Gasteiger partial charge in [-0.25, -0.2) is 4.39 Å². The highest BCUT2D eigenvalue weighted by Gasteiger charge is 2.16. The number of hydrogen-bond acceptors (Lipinski definition) is 3. The lowest BCUT2D eigenvalue weighted by atomic mass is 10.2. The highest BCUT2D eigenvalue weighted by Crippen LogP contribution is 2.20. The van der Waals surface area contributed by atoms with Gasteiger partial charge in [0.05, 0.1) is 6.61 Å². The minimum Gasteiger partial charge on any atom is -0.483 e. The molecule has 0 heterocycles. The third-order valence-corrected chi connectivity index (χ3v) is 2.13. The Balaban J connectivity index is 2.82. The van der Waals surface area contributed by atoms with E-state index in [0.29, 0.717) is 0 Å². The highest BCUT2D eigenvalue weighted by molar-refractivity contribution is 5.29. The Morgan fingerprint density at radius 2 is 2.20 bits per heavy atom. The van der Waals surface area contributed by atoms with Gasteiger partial charge in [0, 0.05) is 6.04 Å². The monoisotopic (exact) mass is 213 g/mol. The third kappa shape index (κ3) is 3.18. The van der Waals surface area contributed by atoms with Crippen molar-refractivity contribution in [1.82, 2.24) is 0 Å².